The predicted molar refractivity (Wildman–Crippen MR) is 69.5 cm³/mol. The van der Waals surface area contributed by atoms with Crippen LogP contribution in [0.1, 0.15) is 44.9 Å². The van der Waals surface area contributed by atoms with Crippen LogP contribution in [-0.4, -0.2) is 48.1 Å². The summed E-state index contributed by atoms with van der Waals surface area (Å²) in [5.74, 6) is 0.154. The Hall–Kier alpha value is -1.10. The first-order valence-corrected chi connectivity index (χ1v) is 7.41. The third-order valence-corrected chi connectivity index (χ3v) is 4.66. The molecule has 0 aromatic rings. The molecule has 5 nitrogen and oxygen atoms in total. The van der Waals surface area contributed by atoms with E-state index in [1.54, 1.807) is 0 Å². The van der Waals surface area contributed by atoms with Gasteiger partial charge in [-0.1, -0.05) is 12.8 Å². The fourth-order valence-electron chi connectivity index (χ4n) is 3.62. The van der Waals surface area contributed by atoms with Crippen LogP contribution >= 0.6 is 0 Å². The lowest BCUT2D eigenvalue weighted by molar-refractivity contribution is -0.143. The smallest absolute Gasteiger partial charge is 0.248 e. The van der Waals surface area contributed by atoms with Crippen molar-refractivity contribution in [2.75, 3.05) is 19.8 Å². The molecule has 1 aliphatic carbocycles. The van der Waals surface area contributed by atoms with Crippen molar-refractivity contribution in [1.82, 2.24) is 10.2 Å². The average molecular weight is 266 g/mol. The molecule has 2 saturated heterocycles. The number of amides is 2. The van der Waals surface area contributed by atoms with Gasteiger partial charge in [0.15, 0.2) is 0 Å². The Labute approximate surface area is 113 Å². The van der Waals surface area contributed by atoms with Crippen LogP contribution in [0.25, 0.3) is 0 Å². The highest BCUT2D eigenvalue weighted by Gasteiger charge is 2.47. The van der Waals surface area contributed by atoms with Crippen molar-refractivity contribution < 1.29 is 14.3 Å². The number of nitrogens with one attached hydrogen (secondary N) is 1. The maximum atomic E-state index is 12.9. The van der Waals surface area contributed by atoms with Crippen molar-refractivity contribution in [2.45, 2.75) is 56.5 Å². The fraction of sp³-hybridized carbons (Fsp3) is 0.857. The number of hydrogen-bond acceptors (Lipinski definition) is 3. The third-order valence-electron chi connectivity index (χ3n) is 4.66. The molecular weight excluding hydrogens is 244 g/mol. The van der Waals surface area contributed by atoms with E-state index in [9.17, 15) is 9.59 Å². The highest BCUT2D eigenvalue weighted by atomic mass is 16.5. The Bertz CT molecular complexity index is 371. The standard InChI is InChI=1S/C14H22N2O3/c17-12-5-8-16(11-4-3-9-19-10-11)13(18)14(15-12)6-1-2-7-14/h11H,1-10H2,(H,15,17). The zero-order valence-corrected chi connectivity index (χ0v) is 11.3. The van der Waals surface area contributed by atoms with Crippen molar-refractivity contribution in [1.29, 1.82) is 0 Å². The molecule has 2 heterocycles. The molecule has 1 saturated carbocycles. The summed E-state index contributed by atoms with van der Waals surface area (Å²) in [4.78, 5) is 26.7. The fourth-order valence-corrected chi connectivity index (χ4v) is 3.62. The summed E-state index contributed by atoms with van der Waals surface area (Å²) in [6, 6.07) is 0.159. The number of carbonyl (C=O) groups excluding carboxylic acids is 2. The maximum Gasteiger partial charge on any atom is 0.248 e. The summed E-state index contributed by atoms with van der Waals surface area (Å²) in [7, 11) is 0. The number of nitrogens with zero attached hydrogens (tertiary/aromatic N) is 1. The molecule has 0 aromatic heterocycles. The Balaban J connectivity index is 1.82. The van der Waals surface area contributed by atoms with Gasteiger partial charge in [0.25, 0.3) is 0 Å². The predicted octanol–water partition coefficient (Wildman–Crippen LogP) is 0.827. The first-order valence-electron chi connectivity index (χ1n) is 7.41. The van der Waals surface area contributed by atoms with E-state index >= 15 is 0 Å². The Kier molecular flexibility index (Phi) is 3.48. The summed E-state index contributed by atoms with van der Waals surface area (Å²) in [5, 5.41) is 3.00. The van der Waals surface area contributed by atoms with Crippen molar-refractivity contribution in [3.05, 3.63) is 0 Å². The van der Waals surface area contributed by atoms with Crippen LogP contribution < -0.4 is 5.32 Å². The quantitative estimate of drug-likeness (QED) is 0.764. The SMILES string of the molecule is O=C1CCN(C2CCCOC2)C(=O)C2(CCCC2)N1. The van der Waals surface area contributed by atoms with E-state index in [-0.39, 0.29) is 17.9 Å². The van der Waals surface area contributed by atoms with Crippen molar-refractivity contribution in [2.24, 2.45) is 0 Å². The average Bonchev–Trinajstić information content (AvgIpc) is 2.85. The Morgan fingerprint density at radius 1 is 1.21 bits per heavy atom. The number of hydrogen-bond donors (Lipinski definition) is 1. The molecule has 1 atom stereocenters. The second-order valence-electron chi connectivity index (χ2n) is 5.96. The van der Waals surface area contributed by atoms with Crippen LogP contribution in [0, 0.1) is 0 Å². The molecule has 0 bridgehead atoms. The highest BCUT2D eigenvalue weighted by Crippen LogP contribution is 2.34. The summed E-state index contributed by atoms with van der Waals surface area (Å²) in [5.41, 5.74) is -0.606. The van der Waals surface area contributed by atoms with E-state index < -0.39 is 5.54 Å². The first-order chi connectivity index (χ1) is 9.21. The van der Waals surface area contributed by atoms with Gasteiger partial charge in [0.05, 0.1) is 12.6 Å². The van der Waals surface area contributed by atoms with Crippen LogP contribution in [-0.2, 0) is 14.3 Å². The molecule has 3 aliphatic rings. The summed E-state index contributed by atoms with van der Waals surface area (Å²) in [6.45, 7) is 1.96. The van der Waals surface area contributed by atoms with Gasteiger partial charge < -0.3 is 15.0 Å². The number of carbonyl (C=O) groups is 2. The number of ether oxygens (including phenoxy) is 1. The topological polar surface area (TPSA) is 58.6 Å². The van der Waals surface area contributed by atoms with E-state index in [1.807, 2.05) is 4.90 Å². The van der Waals surface area contributed by atoms with Crippen LogP contribution in [0.15, 0.2) is 0 Å². The van der Waals surface area contributed by atoms with Gasteiger partial charge in [-0.15, -0.1) is 0 Å². The Morgan fingerprint density at radius 2 is 2.00 bits per heavy atom. The molecular formula is C14H22N2O3. The van der Waals surface area contributed by atoms with E-state index in [0.717, 1.165) is 45.1 Å². The van der Waals surface area contributed by atoms with Crippen LogP contribution in [0.2, 0.25) is 0 Å². The van der Waals surface area contributed by atoms with E-state index in [2.05, 4.69) is 5.32 Å². The lowest BCUT2D eigenvalue weighted by atomic mass is 9.94. The molecule has 0 aromatic carbocycles. The molecule has 5 heteroatoms. The molecule has 3 fully saturated rings. The summed E-state index contributed by atoms with van der Waals surface area (Å²) < 4.78 is 5.50. The minimum Gasteiger partial charge on any atom is -0.379 e. The molecule has 19 heavy (non-hydrogen) atoms. The molecule has 0 radical (unpaired) electrons. The second-order valence-corrected chi connectivity index (χ2v) is 5.96. The van der Waals surface area contributed by atoms with Gasteiger partial charge in [-0.2, -0.15) is 0 Å². The molecule has 3 rings (SSSR count). The molecule has 1 unspecified atom stereocenters. The molecule has 1 spiro atoms. The zero-order chi connectivity index (χ0) is 13.3. The van der Waals surface area contributed by atoms with Gasteiger partial charge in [-0.3, -0.25) is 9.59 Å². The summed E-state index contributed by atoms with van der Waals surface area (Å²) >= 11 is 0. The summed E-state index contributed by atoms with van der Waals surface area (Å²) in [6.07, 6.45) is 6.06. The third kappa shape index (κ3) is 2.36. The monoisotopic (exact) mass is 266 g/mol. The lowest BCUT2D eigenvalue weighted by Gasteiger charge is -2.38. The minimum atomic E-state index is -0.606. The lowest BCUT2D eigenvalue weighted by Crippen LogP contribution is -2.58. The largest absolute Gasteiger partial charge is 0.379 e. The van der Waals surface area contributed by atoms with Crippen molar-refractivity contribution >= 4 is 11.8 Å². The van der Waals surface area contributed by atoms with E-state index in [0.29, 0.717) is 19.6 Å². The maximum absolute atomic E-state index is 12.9. The van der Waals surface area contributed by atoms with Gasteiger partial charge in [-0.25, -0.2) is 0 Å². The highest BCUT2D eigenvalue weighted by molar-refractivity contribution is 5.94. The van der Waals surface area contributed by atoms with E-state index in [1.165, 1.54) is 0 Å². The van der Waals surface area contributed by atoms with Crippen molar-refractivity contribution in [3.63, 3.8) is 0 Å². The number of rotatable bonds is 1. The minimum absolute atomic E-state index is 0.0227. The molecule has 1 N–H and O–H groups in total. The van der Waals surface area contributed by atoms with Gasteiger partial charge in [0.2, 0.25) is 11.8 Å². The van der Waals surface area contributed by atoms with Crippen LogP contribution in [0.4, 0.5) is 0 Å². The molecule has 2 aliphatic heterocycles. The zero-order valence-electron chi connectivity index (χ0n) is 11.3. The first kappa shape index (κ1) is 12.9. The van der Waals surface area contributed by atoms with Gasteiger partial charge in [0.1, 0.15) is 5.54 Å². The van der Waals surface area contributed by atoms with Gasteiger partial charge in [-0.05, 0) is 25.7 Å². The van der Waals surface area contributed by atoms with Gasteiger partial charge >= 0.3 is 0 Å². The van der Waals surface area contributed by atoms with Crippen LogP contribution in [0.5, 0.6) is 0 Å². The van der Waals surface area contributed by atoms with E-state index in [4.69, 9.17) is 4.74 Å². The Morgan fingerprint density at radius 3 is 2.68 bits per heavy atom. The van der Waals surface area contributed by atoms with Crippen LogP contribution in [0.3, 0.4) is 0 Å². The molecule has 2 amide bonds. The van der Waals surface area contributed by atoms with Gasteiger partial charge in [0, 0.05) is 19.6 Å². The second kappa shape index (κ2) is 5.12. The normalized spacial score (nSPS) is 31.4. The molecule has 106 valence electrons. The van der Waals surface area contributed by atoms with Crippen molar-refractivity contribution in [3.8, 4) is 0 Å².